The average molecular weight is 416 g/mol. The van der Waals surface area contributed by atoms with Crippen molar-refractivity contribution >= 4 is 35.0 Å². The topological polar surface area (TPSA) is 122 Å². The number of hydrogen-bond acceptors (Lipinski definition) is 9. The smallest absolute Gasteiger partial charge is 0.331 e. The Labute approximate surface area is 172 Å². The number of amides is 1. The molecule has 1 heterocycles. The van der Waals surface area contributed by atoms with Crippen LogP contribution in [0.3, 0.4) is 0 Å². The van der Waals surface area contributed by atoms with E-state index in [1.807, 2.05) is 0 Å². The summed E-state index contributed by atoms with van der Waals surface area (Å²) < 4.78 is 15.6. The van der Waals surface area contributed by atoms with Crippen LogP contribution >= 0.6 is 11.8 Å². The number of unbranched alkanes of at least 4 members (excludes halogenated alkanes) is 2. The van der Waals surface area contributed by atoms with E-state index in [-0.39, 0.29) is 10.1 Å². The summed E-state index contributed by atoms with van der Waals surface area (Å²) in [6, 6.07) is 7.45. The fourth-order valence-electron chi connectivity index (χ4n) is 2.21. The van der Waals surface area contributed by atoms with E-state index in [9.17, 15) is 9.59 Å². The van der Waals surface area contributed by atoms with Crippen LogP contribution in [0.15, 0.2) is 39.4 Å². The van der Waals surface area contributed by atoms with Crippen LogP contribution in [-0.4, -0.2) is 44.1 Å². The van der Waals surface area contributed by atoms with E-state index in [4.69, 9.17) is 14.7 Å². The average Bonchev–Trinajstić information content (AvgIpc) is 3.07. The number of hydrogen-bond donors (Lipinski definition) is 1. The van der Waals surface area contributed by atoms with Crippen molar-refractivity contribution in [1.82, 2.24) is 5.32 Å². The quantitative estimate of drug-likeness (QED) is 0.216. The molecule has 2 rings (SSSR count). The molecule has 0 bridgehead atoms. The molecule has 1 aromatic rings. The lowest BCUT2D eigenvalue weighted by Gasteiger charge is -2.12. The molecule has 9 nitrogen and oxygen atoms in total. The Kier molecular flexibility index (Phi) is 8.72. The van der Waals surface area contributed by atoms with E-state index in [1.54, 1.807) is 25.3 Å². The molecule has 1 aliphatic heterocycles. The highest BCUT2D eigenvalue weighted by Crippen LogP contribution is 2.30. The second-order valence-corrected chi connectivity index (χ2v) is 6.61. The zero-order valence-electron chi connectivity index (χ0n) is 16.0. The third-order valence-electron chi connectivity index (χ3n) is 3.60. The van der Waals surface area contributed by atoms with Crippen molar-refractivity contribution in [1.29, 1.82) is 5.26 Å². The van der Waals surface area contributed by atoms with Crippen molar-refractivity contribution in [2.75, 3.05) is 20.8 Å². The van der Waals surface area contributed by atoms with Gasteiger partial charge in [0.25, 0.3) is 5.91 Å². The minimum absolute atomic E-state index is 0.175. The van der Waals surface area contributed by atoms with Gasteiger partial charge in [0.1, 0.15) is 0 Å². The van der Waals surface area contributed by atoms with Gasteiger partial charge in [-0.05, 0) is 36.7 Å². The number of para-hydroxylation sites is 1. The number of nitrogens with zero attached hydrogens (tertiary/aromatic N) is 3. The maximum atomic E-state index is 11.8. The second kappa shape index (κ2) is 11.5. The summed E-state index contributed by atoms with van der Waals surface area (Å²) in [6.45, 7) is 0.436. The summed E-state index contributed by atoms with van der Waals surface area (Å²) >= 11 is 0.985. The molecule has 152 valence electrons. The van der Waals surface area contributed by atoms with Crippen LogP contribution in [0, 0.1) is 11.3 Å². The van der Waals surface area contributed by atoms with E-state index >= 15 is 0 Å². The standard InChI is InChI=1S/C19H20N4O5S/c1-26-14-8-6-7-13(17(14)28-10-5-3-4-9-20)12-21-23-19-22-18(25)15(29-19)11-16(24)27-2/h6-8,11-12H,3-5,10H2,1-2H3,(H,22,23,25)/b15-11+,21-12?. The predicted octanol–water partition coefficient (Wildman–Crippen LogP) is 2.38. The number of carbonyl (C=O) groups excluding carboxylic acids is 2. The lowest BCUT2D eigenvalue weighted by atomic mass is 10.2. The molecule has 0 atom stereocenters. The highest BCUT2D eigenvalue weighted by Gasteiger charge is 2.25. The van der Waals surface area contributed by atoms with Gasteiger partial charge in [-0.3, -0.25) is 10.1 Å². The molecular formula is C19H20N4O5S. The number of rotatable bonds is 9. The van der Waals surface area contributed by atoms with Crippen molar-refractivity contribution in [3.63, 3.8) is 0 Å². The van der Waals surface area contributed by atoms with Gasteiger partial charge in [0, 0.05) is 18.1 Å². The van der Waals surface area contributed by atoms with E-state index < -0.39 is 11.9 Å². The van der Waals surface area contributed by atoms with Crippen LogP contribution in [0.4, 0.5) is 0 Å². The number of amidine groups is 1. The normalized spacial score (nSPS) is 16.1. The maximum absolute atomic E-state index is 11.8. The first-order valence-corrected chi connectivity index (χ1v) is 9.47. The van der Waals surface area contributed by atoms with Crippen molar-refractivity contribution in [3.8, 4) is 17.6 Å². The fraction of sp³-hybridized carbons (Fsp3) is 0.316. The van der Waals surface area contributed by atoms with Crippen LogP contribution < -0.4 is 14.8 Å². The van der Waals surface area contributed by atoms with E-state index in [0.717, 1.165) is 30.7 Å². The Morgan fingerprint density at radius 2 is 2.17 bits per heavy atom. The van der Waals surface area contributed by atoms with Gasteiger partial charge in [0.15, 0.2) is 16.7 Å². The first-order chi connectivity index (χ1) is 14.1. The molecule has 29 heavy (non-hydrogen) atoms. The minimum atomic E-state index is -0.625. The van der Waals surface area contributed by atoms with Crippen LogP contribution in [0.5, 0.6) is 11.5 Å². The molecule has 1 aliphatic rings. The lowest BCUT2D eigenvalue weighted by molar-refractivity contribution is -0.135. The molecule has 1 N–H and O–H groups in total. The molecule has 0 aliphatic carbocycles. The number of ether oxygens (including phenoxy) is 3. The maximum Gasteiger partial charge on any atom is 0.331 e. The van der Waals surface area contributed by atoms with Crippen LogP contribution in [0.25, 0.3) is 0 Å². The SMILES string of the molecule is COC(=O)/C=C1/S/C(=N\N=Cc2cccc(OC)c2OCCCCC#N)NC1=O. The Morgan fingerprint density at radius 3 is 2.90 bits per heavy atom. The lowest BCUT2D eigenvalue weighted by Crippen LogP contribution is -2.19. The monoisotopic (exact) mass is 416 g/mol. The molecular weight excluding hydrogens is 396 g/mol. The van der Waals surface area contributed by atoms with Gasteiger partial charge in [-0.25, -0.2) is 4.79 Å². The van der Waals surface area contributed by atoms with Crippen LogP contribution in [-0.2, 0) is 14.3 Å². The Hall–Kier alpha value is -3.32. The minimum Gasteiger partial charge on any atom is -0.493 e. The Balaban J connectivity index is 2.09. The Morgan fingerprint density at radius 1 is 1.34 bits per heavy atom. The van der Waals surface area contributed by atoms with Crippen LogP contribution in [0.2, 0.25) is 0 Å². The summed E-state index contributed by atoms with van der Waals surface area (Å²) in [5, 5.41) is 19.3. The van der Waals surface area contributed by atoms with Gasteiger partial charge in [0.2, 0.25) is 0 Å². The third-order valence-corrected chi connectivity index (χ3v) is 4.51. The number of nitrogens with one attached hydrogen (secondary N) is 1. The first-order valence-electron chi connectivity index (χ1n) is 8.65. The zero-order chi connectivity index (χ0) is 21.1. The van der Waals surface area contributed by atoms with Gasteiger partial charge < -0.3 is 14.2 Å². The molecule has 0 aromatic heterocycles. The number of carbonyl (C=O) groups is 2. The van der Waals surface area contributed by atoms with E-state index in [2.05, 4.69) is 26.3 Å². The summed E-state index contributed by atoms with van der Waals surface area (Å²) in [7, 11) is 2.77. The molecule has 0 saturated carbocycles. The van der Waals surface area contributed by atoms with Gasteiger partial charge in [0.05, 0.1) is 38.0 Å². The second-order valence-electron chi connectivity index (χ2n) is 5.58. The fourth-order valence-corrected chi connectivity index (χ4v) is 2.95. The summed E-state index contributed by atoms with van der Waals surface area (Å²) in [6.07, 6.45) is 4.54. The molecule has 1 saturated heterocycles. The highest BCUT2D eigenvalue weighted by atomic mass is 32.2. The number of thioether (sulfide) groups is 1. The van der Waals surface area contributed by atoms with Crippen molar-refractivity contribution in [2.24, 2.45) is 10.2 Å². The summed E-state index contributed by atoms with van der Waals surface area (Å²) in [5.74, 6) is -0.00325. The summed E-state index contributed by atoms with van der Waals surface area (Å²) in [5.41, 5.74) is 0.647. The zero-order valence-corrected chi connectivity index (χ0v) is 16.8. The van der Waals surface area contributed by atoms with Gasteiger partial charge in [-0.1, -0.05) is 6.07 Å². The van der Waals surface area contributed by atoms with Crippen LogP contribution in [0.1, 0.15) is 24.8 Å². The van der Waals surface area contributed by atoms with Gasteiger partial charge in [-0.15, -0.1) is 5.10 Å². The van der Waals surface area contributed by atoms with Crippen molar-refractivity contribution in [2.45, 2.75) is 19.3 Å². The molecule has 1 fully saturated rings. The first kappa shape index (κ1) is 22.0. The third kappa shape index (κ3) is 6.65. The Bertz CT molecular complexity index is 889. The van der Waals surface area contributed by atoms with Crippen molar-refractivity contribution < 1.29 is 23.8 Å². The molecule has 10 heteroatoms. The molecule has 0 radical (unpaired) electrons. The predicted molar refractivity (Wildman–Crippen MR) is 109 cm³/mol. The summed E-state index contributed by atoms with van der Waals surface area (Å²) in [4.78, 5) is 23.2. The molecule has 0 spiro atoms. The largest absolute Gasteiger partial charge is 0.493 e. The number of esters is 1. The van der Waals surface area contributed by atoms with Gasteiger partial charge in [-0.2, -0.15) is 10.4 Å². The van der Waals surface area contributed by atoms with E-state index in [0.29, 0.717) is 30.1 Å². The number of nitriles is 1. The highest BCUT2D eigenvalue weighted by molar-refractivity contribution is 8.18. The number of methoxy groups -OCH3 is 2. The molecule has 1 aromatic carbocycles. The number of benzene rings is 1. The van der Waals surface area contributed by atoms with Gasteiger partial charge >= 0.3 is 5.97 Å². The molecule has 0 unspecified atom stereocenters. The van der Waals surface area contributed by atoms with E-state index in [1.165, 1.54) is 13.3 Å². The molecule has 1 amide bonds. The van der Waals surface area contributed by atoms with Crippen molar-refractivity contribution in [3.05, 3.63) is 34.7 Å².